The van der Waals surface area contributed by atoms with Crippen molar-refractivity contribution in [2.24, 2.45) is 0 Å². The Morgan fingerprint density at radius 3 is 2.52 bits per heavy atom. The van der Waals surface area contributed by atoms with E-state index in [0.29, 0.717) is 0 Å². The molecular formula is C16H19N3O2. The summed E-state index contributed by atoms with van der Waals surface area (Å²) in [6.07, 6.45) is 0.879. The lowest BCUT2D eigenvalue weighted by Crippen LogP contribution is -2.06. The minimum absolute atomic E-state index is 0.0836. The molecule has 2 N–H and O–H groups in total. The summed E-state index contributed by atoms with van der Waals surface area (Å²) in [5.41, 5.74) is 4.10. The molecule has 2 aromatic carbocycles. The summed E-state index contributed by atoms with van der Waals surface area (Å²) in [6, 6.07) is 13.2. The molecule has 0 aromatic heterocycles. The molecule has 0 atom stereocenters. The first-order valence-corrected chi connectivity index (χ1v) is 6.86. The van der Waals surface area contributed by atoms with Crippen LogP contribution in [0.2, 0.25) is 0 Å². The van der Waals surface area contributed by atoms with Crippen LogP contribution in [0.15, 0.2) is 42.5 Å². The summed E-state index contributed by atoms with van der Waals surface area (Å²) in [5.74, 6) is 0. The highest BCUT2D eigenvalue weighted by Crippen LogP contribution is 2.24. The van der Waals surface area contributed by atoms with Crippen LogP contribution in [0, 0.1) is 17.0 Å². The zero-order valence-corrected chi connectivity index (χ0v) is 12.2. The lowest BCUT2D eigenvalue weighted by atomic mass is 10.1. The van der Waals surface area contributed by atoms with Crippen LogP contribution in [0.3, 0.4) is 0 Å². The molecule has 0 aliphatic heterocycles. The predicted octanol–water partition coefficient (Wildman–Crippen LogP) is 3.60. The Morgan fingerprint density at radius 1 is 1.14 bits per heavy atom. The van der Waals surface area contributed by atoms with E-state index in [0.717, 1.165) is 24.3 Å². The van der Waals surface area contributed by atoms with E-state index in [2.05, 4.69) is 29.7 Å². The normalized spacial score (nSPS) is 10.2. The Hall–Kier alpha value is -2.56. The molecular weight excluding hydrogens is 266 g/mol. The minimum Gasteiger partial charge on any atom is -0.388 e. The molecule has 5 nitrogen and oxygen atoms in total. The summed E-state index contributed by atoms with van der Waals surface area (Å²) in [7, 11) is 1.75. The van der Waals surface area contributed by atoms with E-state index in [1.807, 2.05) is 18.2 Å². The molecule has 2 rings (SSSR count). The third-order valence-corrected chi connectivity index (χ3v) is 3.40. The maximum Gasteiger partial charge on any atom is 0.273 e. The van der Waals surface area contributed by atoms with Crippen molar-refractivity contribution in [2.45, 2.75) is 13.3 Å². The highest BCUT2D eigenvalue weighted by Gasteiger charge is 2.09. The van der Waals surface area contributed by atoms with Crippen LogP contribution in [-0.4, -0.2) is 18.5 Å². The summed E-state index contributed by atoms with van der Waals surface area (Å²) in [6.45, 7) is 2.82. The topological polar surface area (TPSA) is 67.2 Å². The Morgan fingerprint density at radius 2 is 1.86 bits per heavy atom. The van der Waals surface area contributed by atoms with E-state index >= 15 is 0 Å². The second kappa shape index (κ2) is 6.74. The fourth-order valence-electron chi connectivity index (χ4n) is 2.20. The van der Waals surface area contributed by atoms with Crippen molar-refractivity contribution >= 4 is 17.1 Å². The molecule has 110 valence electrons. The fraction of sp³-hybridized carbons (Fsp3) is 0.250. The number of hydrogen-bond donors (Lipinski definition) is 2. The number of rotatable bonds is 6. The van der Waals surface area contributed by atoms with Crippen LogP contribution in [0.4, 0.5) is 17.1 Å². The van der Waals surface area contributed by atoms with E-state index in [1.165, 1.54) is 17.2 Å². The number of nitro groups is 1. The number of nitro benzene ring substituents is 1. The number of benzene rings is 2. The molecule has 5 heteroatoms. The Bertz CT molecular complexity index is 641. The van der Waals surface area contributed by atoms with Gasteiger partial charge in [0.2, 0.25) is 0 Å². The molecule has 0 fully saturated rings. The van der Waals surface area contributed by atoms with Gasteiger partial charge in [-0.05, 0) is 30.5 Å². The van der Waals surface area contributed by atoms with Crippen LogP contribution in [0.25, 0.3) is 0 Å². The van der Waals surface area contributed by atoms with Gasteiger partial charge in [0.05, 0.1) is 4.92 Å². The van der Waals surface area contributed by atoms with Gasteiger partial charge in [0, 0.05) is 37.1 Å². The molecule has 2 aromatic rings. The molecule has 0 spiro atoms. The van der Waals surface area contributed by atoms with E-state index in [-0.39, 0.29) is 10.6 Å². The zero-order chi connectivity index (χ0) is 15.2. The maximum atomic E-state index is 10.9. The Balaban J connectivity index is 2.04. The second-order valence-electron chi connectivity index (χ2n) is 4.88. The smallest absolute Gasteiger partial charge is 0.273 e. The third kappa shape index (κ3) is 3.95. The van der Waals surface area contributed by atoms with Gasteiger partial charge in [-0.25, -0.2) is 0 Å². The first-order chi connectivity index (χ1) is 10.1. The largest absolute Gasteiger partial charge is 0.388 e. The van der Waals surface area contributed by atoms with Crippen molar-refractivity contribution in [2.75, 3.05) is 24.2 Å². The number of nitrogens with zero attached hydrogens (tertiary/aromatic N) is 1. The maximum absolute atomic E-state index is 10.9. The quantitative estimate of drug-likeness (QED) is 0.628. The fourth-order valence-corrected chi connectivity index (χ4v) is 2.20. The van der Waals surface area contributed by atoms with Gasteiger partial charge >= 0.3 is 0 Å². The summed E-state index contributed by atoms with van der Waals surface area (Å²) in [4.78, 5) is 10.5. The first kappa shape index (κ1) is 14.8. The number of non-ortho nitro benzene ring substituents is 1. The van der Waals surface area contributed by atoms with Crippen molar-refractivity contribution in [1.29, 1.82) is 0 Å². The zero-order valence-electron chi connectivity index (χ0n) is 12.2. The first-order valence-electron chi connectivity index (χ1n) is 6.86. The molecule has 0 saturated heterocycles. The van der Waals surface area contributed by atoms with Crippen LogP contribution >= 0.6 is 0 Å². The van der Waals surface area contributed by atoms with Gasteiger partial charge in [-0.2, -0.15) is 0 Å². The van der Waals surface area contributed by atoms with Crippen molar-refractivity contribution in [3.05, 3.63) is 63.7 Å². The Kier molecular flexibility index (Phi) is 4.77. The van der Waals surface area contributed by atoms with E-state index in [9.17, 15) is 10.1 Å². The highest BCUT2D eigenvalue weighted by molar-refractivity contribution is 5.63. The van der Waals surface area contributed by atoms with Crippen LogP contribution < -0.4 is 10.6 Å². The minimum atomic E-state index is -0.382. The van der Waals surface area contributed by atoms with Gasteiger partial charge in [-0.15, -0.1) is 0 Å². The van der Waals surface area contributed by atoms with Crippen LogP contribution in [-0.2, 0) is 6.42 Å². The number of nitrogens with one attached hydrogen (secondary N) is 2. The molecule has 21 heavy (non-hydrogen) atoms. The molecule has 0 radical (unpaired) electrons. The monoisotopic (exact) mass is 285 g/mol. The lowest BCUT2D eigenvalue weighted by Gasteiger charge is -2.10. The van der Waals surface area contributed by atoms with E-state index in [1.54, 1.807) is 13.1 Å². The molecule has 0 amide bonds. The van der Waals surface area contributed by atoms with Crippen LogP contribution in [0.5, 0.6) is 0 Å². The third-order valence-electron chi connectivity index (χ3n) is 3.40. The number of aryl methyl sites for hydroxylation is 1. The summed E-state index contributed by atoms with van der Waals surface area (Å²) >= 11 is 0. The summed E-state index contributed by atoms with van der Waals surface area (Å²) in [5, 5.41) is 17.1. The van der Waals surface area contributed by atoms with Gasteiger partial charge in [-0.1, -0.05) is 24.3 Å². The Labute approximate surface area is 124 Å². The van der Waals surface area contributed by atoms with Gasteiger partial charge in [0.15, 0.2) is 0 Å². The molecule has 0 aliphatic carbocycles. The molecule has 0 bridgehead atoms. The van der Waals surface area contributed by atoms with E-state index < -0.39 is 0 Å². The molecule has 0 unspecified atom stereocenters. The van der Waals surface area contributed by atoms with Gasteiger partial charge in [0.1, 0.15) is 0 Å². The SMILES string of the molecule is CNc1cc(NCCc2ccccc2C)cc([N+](=O)[O-])c1. The summed E-state index contributed by atoms with van der Waals surface area (Å²) < 4.78 is 0. The average molecular weight is 285 g/mol. The van der Waals surface area contributed by atoms with Gasteiger partial charge in [-0.3, -0.25) is 10.1 Å². The van der Waals surface area contributed by atoms with Crippen molar-refractivity contribution in [3.8, 4) is 0 Å². The van der Waals surface area contributed by atoms with Gasteiger partial charge < -0.3 is 10.6 Å². The molecule has 0 aliphatic rings. The van der Waals surface area contributed by atoms with Crippen molar-refractivity contribution in [3.63, 3.8) is 0 Å². The number of hydrogen-bond acceptors (Lipinski definition) is 4. The van der Waals surface area contributed by atoms with Crippen LogP contribution in [0.1, 0.15) is 11.1 Å². The number of anilines is 2. The van der Waals surface area contributed by atoms with E-state index in [4.69, 9.17) is 0 Å². The average Bonchev–Trinajstić information content (AvgIpc) is 2.49. The molecule has 0 heterocycles. The van der Waals surface area contributed by atoms with Gasteiger partial charge in [0.25, 0.3) is 5.69 Å². The predicted molar refractivity (Wildman–Crippen MR) is 86.0 cm³/mol. The van der Waals surface area contributed by atoms with Crippen molar-refractivity contribution in [1.82, 2.24) is 0 Å². The highest BCUT2D eigenvalue weighted by atomic mass is 16.6. The van der Waals surface area contributed by atoms with Crippen molar-refractivity contribution < 1.29 is 4.92 Å². The lowest BCUT2D eigenvalue weighted by molar-refractivity contribution is -0.384. The standard InChI is InChI=1S/C16H19N3O2/c1-12-5-3-4-6-13(12)7-8-18-15-9-14(17-2)10-16(11-15)19(20)21/h3-6,9-11,17-18H,7-8H2,1-2H3. The molecule has 0 saturated carbocycles. The second-order valence-corrected chi connectivity index (χ2v) is 4.88.